The predicted molar refractivity (Wildman–Crippen MR) is 76.2 cm³/mol. The molecule has 0 aliphatic heterocycles. The van der Waals surface area contributed by atoms with Crippen molar-refractivity contribution in [1.82, 2.24) is 9.88 Å². The molecule has 5 heteroatoms. The van der Waals surface area contributed by atoms with Crippen molar-refractivity contribution in [2.45, 2.75) is 33.1 Å². The van der Waals surface area contributed by atoms with Crippen LogP contribution in [-0.4, -0.2) is 40.5 Å². The summed E-state index contributed by atoms with van der Waals surface area (Å²) in [7, 11) is 1.74. The molecule has 110 valence electrons. The second-order valence-corrected chi connectivity index (χ2v) is 5.80. The molecular weight excluding hydrogens is 256 g/mol. The van der Waals surface area contributed by atoms with E-state index in [-0.39, 0.29) is 18.7 Å². The lowest BCUT2D eigenvalue weighted by Gasteiger charge is -2.25. The molecule has 0 radical (unpaired) electrons. The number of pyridine rings is 1. The summed E-state index contributed by atoms with van der Waals surface area (Å²) >= 11 is 0. The second kappa shape index (κ2) is 7.03. The molecule has 0 fully saturated rings. The van der Waals surface area contributed by atoms with Gasteiger partial charge >= 0.3 is 5.97 Å². The SMILES string of the molecule is CN(CCc1ccccn1)C(=O)CC(C)(C)CC(=O)O. The van der Waals surface area contributed by atoms with Gasteiger partial charge in [0.2, 0.25) is 5.91 Å². The van der Waals surface area contributed by atoms with Gasteiger partial charge in [-0.25, -0.2) is 0 Å². The Morgan fingerprint density at radius 2 is 2.00 bits per heavy atom. The van der Waals surface area contributed by atoms with Crippen LogP contribution in [0.4, 0.5) is 0 Å². The monoisotopic (exact) mass is 278 g/mol. The van der Waals surface area contributed by atoms with Crippen molar-refractivity contribution in [2.75, 3.05) is 13.6 Å². The molecule has 0 unspecified atom stereocenters. The van der Waals surface area contributed by atoms with Crippen LogP contribution in [0.3, 0.4) is 0 Å². The van der Waals surface area contributed by atoms with Crippen LogP contribution in [0.15, 0.2) is 24.4 Å². The molecule has 5 nitrogen and oxygen atoms in total. The van der Waals surface area contributed by atoms with Gasteiger partial charge in [-0.3, -0.25) is 14.6 Å². The lowest BCUT2D eigenvalue weighted by atomic mass is 9.85. The maximum Gasteiger partial charge on any atom is 0.303 e. The highest BCUT2D eigenvalue weighted by Gasteiger charge is 2.26. The number of likely N-dealkylation sites (N-methyl/N-ethyl adjacent to an activating group) is 1. The van der Waals surface area contributed by atoms with Gasteiger partial charge in [-0.05, 0) is 17.5 Å². The summed E-state index contributed by atoms with van der Waals surface area (Å²) in [5, 5.41) is 8.82. The van der Waals surface area contributed by atoms with Crippen LogP contribution in [0.2, 0.25) is 0 Å². The lowest BCUT2D eigenvalue weighted by molar-refractivity contribution is -0.140. The number of hydrogen-bond acceptors (Lipinski definition) is 3. The van der Waals surface area contributed by atoms with Crippen LogP contribution in [0, 0.1) is 5.41 Å². The average Bonchev–Trinajstić information content (AvgIpc) is 2.34. The first kappa shape index (κ1) is 16.1. The summed E-state index contributed by atoms with van der Waals surface area (Å²) in [6.07, 6.45) is 2.65. The number of carboxylic acid groups (broad SMARTS) is 1. The molecule has 0 saturated carbocycles. The van der Waals surface area contributed by atoms with Crippen molar-refractivity contribution in [1.29, 1.82) is 0 Å². The molecular formula is C15H22N2O3. The smallest absolute Gasteiger partial charge is 0.303 e. The van der Waals surface area contributed by atoms with Crippen molar-refractivity contribution in [3.05, 3.63) is 30.1 Å². The lowest BCUT2D eigenvalue weighted by Crippen LogP contribution is -2.33. The zero-order chi connectivity index (χ0) is 15.2. The van der Waals surface area contributed by atoms with Crippen LogP contribution in [0.5, 0.6) is 0 Å². The predicted octanol–water partition coefficient (Wildman–Crippen LogP) is 1.97. The third-order valence-corrected chi connectivity index (χ3v) is 3.11. The molecule has 0 aromatic carbocycles. The van der Waals surface area contributed by atoms with Gasteiger partial charge in [-0.2, -0.15) is 0 Å². The summed E-state index contributed by atoms with van der Waals surface area (Å²) in [6, 6.07) is 5.69. The number of rotatable bonds is 7. The largest absolute Gasteiger partial charge is 0.481 e. The van der Waals surface area contributed by atoms with Crippen molar-refractivity contribution in [3.63, 3.8) is 0 Å². The van der Waals surface area contributed by atoms with E-state index in [9.17, 15) is 9.59 Å². The fourth-order valence-corrected chi connectivity index (χ4v) is 1.97. The van der Waals surface area contributed by atoms with Crippen molar-refractivity contribution >= 4 is 11.9 Å². The zero-order valence-electron chi connectivity index (χ0n) is 12.3. The van der Waals surface area contributed by atoms with Gasteiger partial charge in [0, 0.05) is 38.3 Å². The summed E-state index contributed by atoms with van der Waals surface area (Å²) in [6.45, 7) is 4.18. The van der Waals surface area contributed by atoms with Crippen LogP contribution >= 0.6 is 0 Å². The number of carbonyl (C=O) groups excluding carboxylic acids is 1. The normalized spacial score (nSPS) is 11.2. The van der Waals surface area contributed by atoms with E-state index in [1.54, 1.807) is 32.0 Å². The summed E-state index contributed by atoms with van der Waals surface area (Å²) in [5.41, 5.74) is 0.416. The van der Waals surface area contributed by atoms with Gasteiger partial charge in [0.15, 0.2) is 0 Å². The fourth-order valence-electron chi connectivity index (χ4n) is 1.97. The maximum atomic E-state index is 12.1. The Balaban J connectivity index is 2.45. The van der Waals surface area contributed by atoms with Crippen molar-refractivity contribution in [2.24, 2.45) is 5.41 Å². The molecule has 1 rings (SSSR count). The number of amides is 1. The van der Waals surface area contributed by atoms with Gasteiger partial charge in [0.05, 0.1) is 6.42 Å². The molecule has 20 heavy (non-hydrogen) atoms. The number of nitrogens with zero attached hydrogens (tertiary/aromatic N) is 2. The van der Waals surface area contributed by atoms with E-state index in [1.807, 2.05) is 18.2 Å². The van der Waals surface area contributed by atoms with E-state index >= 15 is 0 Å². The first-order valence-electron chi connectivity index (χ1n) is 6.66. The van der Waals surface area contributed by atoms with E-state index in [0.29, 0.717) is 13.0 Å². The molecule has 1 aromatic rings. The minimum absolute atomic E-state index is 0.00712. The highest BCUT2D eigenvalue weighted by molar-refractivity contribution is 5.77. The average molecular weight is 278 g/mol. The third kappa shape index (κ3) is 5.82. The Kier molecular flexibility index (Phi) is 5.67. The maximum absolute atomic E-state index is 12.1. The molecule has 1 amide bonds. The summed E-state index contributed by atoms with van der Waals surface area (Å²) in [4.78, 5) is 28.7. The Bertz CT molecular complexity index is 457. The van der Waals surface area contributed by atoms with Crippen LogP contribution in [-0.2, 0) is 16.0 Å². The Labute approximate surface area is 119 Å². The molecule has 0 aliphatic rings. The minimum Gasteiger partial charge on any atom is -0.481 e. The standard InChI is InChI=1S/C15H22N2O3/c1-15(2,11-14(19)20)10-13(18)17(3)9-7-12-6-4-5-8-16-12/h4-6,8H,7,9-11H2,1-3H3,(H,19,20). The highest BCUT2D eigenvalue weighted by atomic mass is 16.4. The van der Waals surface area contributed by atoms with Crippen molar-refractivity contribution in [3.8, 4) is 0 Å². The highest BCUT2D eigenvalue weighted by Crippen LogP contribution is 2.25. The van der Waals surface area contributed by atoms with E-state index in [0.717, 1.165) is 5.69 Å². The van der Waals surface area contributed by atoms with Gasteiger partial charge < -0.3 is 10.0 Å². The van der Waals surface area contributed by atoms with E-state index in [4.69, 9.17) is 5.11 Å². The number of carbonyl (C=O) groups is 2. The summed E-state index contributed by atoms with van der Waals surface area (Å²) in [5.74, 6) is -0.911. The van der Waals surface area contributed by atoms with Gasteiger partial charge in [0.25, 0.3) is 0 Å². The molecule has 0 atom stereocenters. The first-order chi connectivity index (χ1) is 9.30. The summed E-state index contributed by atoms with van der Waals surface area (Å²) < 4.78 is 0. The van der Waals surface area contributed by atoms with Gasteiger partial charge in [0.1, 0.15) is 0 Å². The van der Waals surface area contributed by atoms with Crippen LogP contribution in [0.1, 0.15) is 32.4 Å². The number of carboxylic acids is 1. The number of aromatic nitrogens is 1. The quantitative estimate of drug-likeness (QED) is 0.828. The zero-order valence-corrected chi connectivity index (χ0v) is 12.3. The molecule has 1 heterocycles. The third-order valence-electron chi connectivity index (χ3n) is 3.11. The Morgan fingerprint density at radius 1 is 1.30 bits per heavy atom. The Morgan fingerprint density at radius 3 is 2.55 bits per heavy atom. The molecule has 0 spiro atoms. The Hall–Kier alpha value is -1.91. The molecule has 1 aromatic heterocycles. The molecule has 0 aliphatic carbocycles. The number of aliphatic carboxylic acids is 1. The fraction of sp³-hybridized carbons (Fsp3) is 0.533. The number of hydrogen-bond donors (Lipinski definition) is 1. The van der Waals surface area contributed by atoms with Crippen LogP contribution < -0.4 is 0 Å². The van der Waals surface area contributed by atoms with Gasteiger partial charge in [-0.1, -0.05) is 19.9 Å². The van der Waals surface area contributed by atoms with Gasteiger partial charge in [-0.15, -0.1) is 0 Å². The molecule has 0 saturated heterocycles. The van der Waals surface area contributed by atoms with Crippen molar-refractivity contribution < 1.29 is 14.7 Å². The molecule has 0 bridgehead atoms. The van der Waals surface area contributed by atoms with Crippen LogP contribution in [0.25, 0.3) is 0 Å². The topological polar surface area (TPSA) is 70.5 Å². The minimum atomic E-state index is -0.876. The molecule has 1 N–H and O–H groups in total. The van der Waals surface area contributed by atoms with E-state index < -0.39 is 11.4 Å². The van der Waals surface area contributed by atoms with E-state index in [1.165, 1.54) is 0 Å². The first-order valence-corrected chi connectivity index (χ1v) is 6.66. The second-order valence-electron chi connectivity index (χ2n) is 5.80. The van der Waals surface area contributed by atoms with E-state index in [2.05, 4.69) is 4.98 Å².